The Labute approximate surface area is 142 Å². The standard InChI is InChI=1S/C16H18N2O3S2/c1-9-8-22-16(17-9)18-14(19)10(2)21-15(20)13-7-11-5-3-4-6-12(11)23-13/h7-8,10H,3-6H2,1-2H3,(H,17,18,19). The van der Waals surface area contributed by atoms with Crippen LogP contribution in [0.2, 0.25) is 0 Å². The summed E-state index contributed by atoms with van der Waals surface area (Å²) in [7, 11) is 0. The van der Waals surface area contributed by atoms with Gasteiger partial charge in [0, 0.05) is 10.3 Å². The lowest BCUT2D eigenvalue weighted by Gasteiger charge is -2.11. The summed E-state index contributed by atoms with van der Waals surface area (Å²) in [5, 5.41) is 5.03. The number of carbonyl (C=O) groups excluding carboxylic acids is 2. The molecule has 0 saturated carbocycles. The van der Waals surface area contributed by atoms with Crippen LogP contribution < -0.4 is 5.32 Å². The number of nitrogens with zero attached hydrogens (tertiary/aromatic N) is 1. The van der Waals surface area contributed by atoms with Crippen LogP contribution in [0.15, 0.2) is 11.4 Å². The Morgan fingerprint density at radius 3 is 2.83 bits per heavy atom. The molecule has 0 saturated heterocycles. The number of carbonyl (C=O) groups is 2. The number of aryl methyl sites for hydroxylation is 3. The number of anilines is 1. The molecule has 0 aromatic carbocycles. The van der Waals surface area contributed by atoms with E-state index in [1.807, 2.05) is 18.4 Å². The molecule has 0 aliphatic heterocycles. The number of aromatic nitrogens is 1. The Morgan fingerprint density at radius 2 is 2.13 bits per heavy atom. The van der Waals surface area contributed by atoms with Crippen molar-refractivity contribution >= 4 is 39.7 Å². The average Bonchev–Trinajstić information content (AvgIpc) is 3.13. The number of nitrogens with one attached hydrogen (secondary N) is 1. The van der Waals surface area contributed by atoms with Gasteiger partial charge in [-0.15, -0.1) is 22.7 Å². The van der Waals surface area contributed by atoms with Crippen LogP contribution in [0.3, 0.4) is 0 Å². The third kappa shape index (κ3) is 3.79. The van der Waals surface area contributed by atoms with Gasteiger partial charge in [-0.25, -0.2) is 9.78 Å². The highest BCUT2D eigenvalue weighted by Gasteiger charge is 2.23. The third-order valence-electron chi connectivity index (χ3n) is 3.70. The van der Waals surface area contributed by atoms with Gasteiger partial charge in [0.05, 0.1) is 5.69 Å². The highest BCUT2D eigenvalue weighted by Crippen LogP contribution is 2.30. The molecule has 2 heterocycles. The molecular formula is C16H18N2O3S2. The van der Waals surface area contributed by atoms with Crippen LogP contribution in [0.25, 0.3) is 0 Å². The van der Waals surface area contributed by atoms with Crippen LogP contribution in [-0.4, -0.2) is 23.0 Å². The summed E-state index contributed by atoms with van der Waals surface area (Å²) in [5.74, 6) is -0.795. The van der Waals surface area contributed by atoms with Crippen LogP contribution in [0.5, 0.6) is 0 Å². The molecule has 1 amide bonds. The van der Waals surface area contributed by atoms with Gasteiger partial charge in [-0.2, -0.15) is 0 Å². The van der Waals surface area contributed by atoms with Gasteiger partial charge >= 0.3 is 5.97 Å². The van der Waals surface area contributed by atoms with Crippen molar-refractivity contribution in [3.63, 3.8) is 0 Å². The number of amides is 1. The zero-order valence-corrected chi connectivity index (χ0v) is 14.7. The largest absolute Gasteiger partial charge is 0.448 e. The minimum Gasteiger partial charge on any atom is -0.448 e. The lowest BCUT2D eigenvalue weighted by Crippen LogP contribution is -2.29. The molecule has 2 aromatic rings. The van der Waals surface area contributed by atoms with Crippen molar-refractivity contribution in [2.75, 3.05) is 5.32 Å². The van der Waals surface area contributed by atoms with Gasteiger partial charge in [-0.05, 0) is 51.2 Å². The lowest BCUT2D eigenvalue weighted by molar-refractivity contribution is -0.123. The summed E-state index contributed by atoms with van der Waals surface area (Å²) in [6.07, 6.45) is 3.55. The Morgan fingerprint density at radius 1 is 1.35 bits per heavy atom. The maximum Gasteiger partial charge on any atom is 0.349 e. The van der Waals surface area contributed by atoms with E-state index in [9.17, 15) is 9.59 Å². The predicted octanol–water partition coefficient (Wildman–Crippen LogP) is 3.58. The molecule has 0 bridgehead atoms. The molecule has 0 fully saturated rings. The topological polar surface area (TPSA) is 68.3 Å². The molecule has 1 N–H and O–H groups in total. The molecule has 1 aliphatic rings. The Hall–Kier alpha value is -1.73. The highest BCUT2D eigenvalue weighted by molar-refractivity contribution is 7.14. The van der Waals surface area contributed by atoms with Gasteiger partial charge in [-0.1, -0.05) is 0 Å². The van der Waals surface area contributed by atoms with E-state index in [1.165, 1.54) is 46.0 Å². The van der Waals surface area contributed by atoms with E-state index in [0.717, 1.165) is 18.5 Å². The predicted molar refractivity (Wildman–Crippen MR) is 91.3 cm³/mol. The summed E-state index contributed by atoms with van der Waals surface area (Å²) >= 11 is 2.84. The highest BCUT2D eigenvalue weighted by atomic mass is 32.1. The lowest BCUT2D eigenvalue weighted by atomic mass is 9.99. The molecule has 0 radical (unpaired) electrons. The van der Waals surface area contributed by atoms with Gasteiger partial charge < -0.3 is 4.74 Å². The number of fused-ring (bicyclic) bond motifs is 1. The van der Waals surface area contributed by atoms with Crippen molar-refractivity contribution in [2.45, 2.75) is 45.6 Å². The van der Waals surface area contributed by atoms with Crippen molar-refractivity contribution in [1.29, 1.82) is 0 Å². The first-order valence-electron chi connectivity index (χ1n) is 7.58. The van der Waals surface area contributed by atoms with Gasteiger partial charge in [0.15, 0.2) is 11.2 Å². The molecule has 1 unspecified atom stereocenters. The quantitative estimate of drug-likeness (QED) is 0.856. The second kappa shape index (κ2) is 6.80. The molecule has 0 spiro atoms. The maximum absolute atomic E-state index is 12.2. The van der Waals surface area contributed by atoms with Crippen molar-refractivity contribution in [3.8, 4) is 0 Å². The van der Waals surface area contributed by atoms with Crippen molar-refractivity contribution in [3.05, 3.63) is 32.5 Å². The van der Waals surface area contributed by atoms with Gasteiger partial charge in [0.1, 0.15) is 4.88 Å². The Bertz CT molecular complexity index is 712. The summed E-state index contributed by atoms with van der Waals surface area (Å²) in [6, 6.07) is 1.91. The fraction of sp³-hybridized carbons (Fsp3) is 0.438. The van der Waals surface area contributed by atoms with E-state index in [2.05, 4.69) is 10.3 Å². The smallest absolute Gasteiger partial charge is 0.349 e. The number of thiazole rings is 1. The molecule has 3 rings (SSSR count). The van der Waals surface area contributed by atoms with Gasteiger partial charge in [0.2, 0.25) is 0 Å². The molecule has 7 heteroatoms. The monoisotopic (exact) mass is 350 g/mol. The van der Waals surface area contributed by atoms with Gasteiger partial charge in [0.25, 0.3) is 5.91 Å². The summed E-state index contributed by atoms with van der Waals surface area (Å²) in [6.45, 7) is 3.43. The fourth-order valence-corrected chi connectivity index (χ4v) is 4.31. The minimum absolute atomic E-state index is 0.367. The number of hydrogen-bond donors (Lipinski definition) is 1. The average molecular weight is 350 g/mol. The van der Waals surface area contributed by atoms with E-state index in [4.69, 9.17) is 4.74 Å². The van der Waals surface area contributed by atoms with Crippen LogP contribution in [0.1, 0.15) is 45.6 Å². The SMILES string of the molecule is Cc1csc(NC(=O)C(C)OC(=O)c2cc3c(s2)CCCC3)n1. The van der Waals surface area contributed by atoms with Crippen molar-refractivity contribution in [1.82, 2.24) is 4.98 Å². The maximum atomic E-state index is 12.2. The van der Waals surface area contributed by atoms with Crippen LogP contribution in [0.4, 0.5) is 5.13 Å². The van der Waals surface area contributed by atoms with Gasteiger partial charge in [-0.3, -0.25) is 10.1 Å². The first-order chi connectivity index (χ1) is 11.0. The van der Waals surface area contributed by atoms with E-state index >= 15 is 0 Å². The van der Waals surface area contributed by atoms with E-state index in [0.29, 0.717) is 10.0 Å². The number of rotatable bonds is 4. The van der Waals surface area contributed by atoms with Crippen LogP contribution in [0, 0.1) is 6.92 Å². The molecule has 122 valence electrons. The van der Waals surface area contributed by atoms with E-state index in [1.54, 1.807) is 6.92 Å². The zero-order valence-electron chi connectivity index (χ0n) is 13.0. The minimum atomic E-state index is -0.856. The zero-order chi connectivity index (χ0) is 16.4. The number of ether oxygens (including phenoxy) is 1. The van der Waals surface area contributed by atoms with E-state index < -0.39 is 12.1 Å². The van der Waals surface area contributed by atoms with Crippen molar-refractivity contribution in [2.24, 2.45) is 0 Å². The summed E-state index contributed by atoms with van der Waals surface area (Å²) in [4.78, 5) is 30.3. The molecule has 1 aliphatic carbocycles. The second-order valence-electron chi connectivity index (χ2n) is 5.60. The van der Waals surface area contributed by atoms with Crippen LogP contribution >= 0.6 is 22.7 Å². The number of esters is 1. The molecule has 5 nitrogen and oxygen atoms in total. The fourth-order valence-electron chi connectivity index (χ4n) is 2.48. The summed E-state index contributed by atoms with van der Waals surface area (Å²) in [5.41, 5.74) is 2.10. The molecule has 2 aromatic heterocycles. The second-order valence-corrected chi connectivity index (χ2v) is 7.59. The third-order valence-corrected chi connectivity index (χ3v) is 5.79. The molecule has 23 heavy (non-hydrogen) atoms. The Kier molecular flexibility index (Phi) is 4.77. The molecular weight excluding hydrogens is 332 g/mol. The summed E-state index contributed by atoms with van der Waals surface area (Å²) < 4.78 is 5.29. The number of thiophene rings is 1. The Balaban J connectivity index is 1.60. The molecule has 1 atom stereocenters. The number of hydrogen-bond acceptors (Lipinski definition) is 6. The van der Waals surface area contributed by atoms with Crippen molar-refractivity contribution < 1.29 is 14.3 Å². The van der Waals surface area contributed by atoms with Crippen LogP contribution in [-0.2, 0) is 22.4 Å². The first-order valence-corrected chi connectivity index (χ1v) is 9.28. The normalized spacial score (nSPS) is 14.9. The van der Waals surface area contributed by atoms with E-state index in [-0.39, 0.29) is 5.91 Å². The first kappa shape index (κ1) is 16.1.